The normalized spacial score (nSPS) is 10.5. The number of aromatic nitrogens is 1. The number of benzene rings is 3. The van der Waals surface area contributed by atoms with Gasteiger partial charge in [0.1, 0.15) is 17.3 Å². The van der Waals surface area contributed by atoms with Crippen LogP contribution in [0, 0.1) is 0 Å². The van der Waals surface area contributed by atoms with E-state index in [4.69, 9.17) is 21.1 Å². The third-order valence-electron chi connectivity index (χ3n) is 4.46. The number of carbonyl (C=O) groups is 1. The highest BCUT2D eigenvalue weighted by Gasteiger charge is 2.14. The molecule has 5 nitrogen and oxygen atoms in total. The zero-order valence-electron chi connectivity index (χ0n) is 16.7. The standard InChI is InChI=1S/C24H19ClN2O3S/c1-29-22-13-17(10-11-21(22)30-14-16-6-5-7-18(25)12-16)24-27-20(15-31-24)23(28)26-19-8-3-2-4-9-19/h2-13,15H,14H2,1H3,(H,26,28). The summed E-state index contributed by atoms with van der Waals surface area (Å²) in [6, 6.07) is 22.4. The Morgan fingerprint density at radius 3 is 2.65 bits per heavy atom. The highest BCUT2D eigenvalue weighted by Crippen LogP contribution is 2.34. The summed E-state index contributed by atoms with van der Waals surface area (Å²) in [7, 11) is 1.59. The molecule has 0 unspecified atom stereocenters. The summed E-state index contributed by atoms with van der Waals surface area (Å²) in [4.78, 5) is 16.9. The molecule has 1 aromatic heterocycles. The molecule has 0 radical (unpaired) electrons. The van der Waals surface area contributed by atoms with Gasteiger partial charge in [-0.25, -0.2) is 4.98 Å². The SMILES string of the molecule is COc1cc(-c2nc(C(=O)Nc3ccccc3)cs2)ccc1OCc1cccc(Cl)c1. The van der Waals surface area contributed by atoms with E-state index < -0.39 is 0 Å². The van der Waals surface area contributed by atoms with Crippen molar-refractivity contribution in [1.82, 2.24) is 4.98 Å². The van der Waals surface area contributed by atoms with Gasteiger partial charge in [-0.1, -0.05) is 41.9 Å². The lowest BCUT2D eigenvalue weighted by atomic mass is 10.2. The first-order valence-corrected chi connectivity index (χ1v) is 10.8. The number of hydrogen-bond donors (Lipinski definition) is 1. The van der Waals surface area contributed by atoms with Gasteiger partial charge in [-0.15, -0.1) is 11.3 Å². The second-order valence-electron chi connectivity index (χ2n) is 6.64. The van der Waals surface area contributed by atoms with Crippen LogP contribution in [0.3, 0.4) is 0 Å². The predicted molar refractivity (Wildman–Crippen MR) is 124 cm³/mol. The number of para-hydroxylation sites is 1. The van der Waals surface area contributed by atoms with Crippen molar-refractivity contribution >= 4 is 34.5 Å². The van der Waals surface area contributed by atoms with Crippen LogP contribution >= 0.6 is 22.9 Å². The number of nitrogens with zero attached hydrogens (tertiary/aromatic N) is 1. The number of thiazole rings is 1. The lowest BCUT2D eigenvalue weighted by molar-refractivity contribution is 0.102. The van der Waals surface area contributed by atoms with E-state index in [1.54, 1.807) is 12.5 Å². The van der Waals surface area contributed by atoms with E-state index in [2.05, 4.69) is 10.3 Å². The Morgan fingerprint density at radius 1 is 1.03 bits per heavy atom. The third-order valence-corrected chi connectivity index (χ3v) is 5.59. The molecular formula is C24H19ClN2O3S. The van der Waals surface area contributed by atoms with E-state index in [1.165, 1.54) is 11.3 Å². The molecule has 4 rings (SSSR count). The fourth-order valence-electron chi connectivity index (χ4n) is 2.93. The van der Waals surface area contributed by atoms with E-state index in [-0.39, 0.29) is 5.91 Å². The van der Waals surface area contributed by atoms with Crippen molar-refractivity contribution in [2.24, 2.45) is 0 Å². The second kappa shape index (κ2) is 9.64. The fourth-order valence-corrected chi connectivity index (χ4v) is 3.94. The van der Waals surface area contributed by atoms with Gasteiger partial charge in [-0.3, -0.25) is 4.79 Å². The van der Waals surface area contributed by atoms with Crippen molar-refractivity contribution in [2.45, 2.75) is 6.61 Å². The molecule has 0 saturated carbocycles. The van der Waals surface area contributed by atoms with Gasteiger partial charge < -0.3 is 14.8 Å². The average molecular weight is 451 g/mol. The molecule has 31 heavy (non-hydrogen) atoms. The van der Waals surface area contributed by atoms with Crippen molar-refractivity contribution in [1.29, 1.82) is 0 Å². The topological polar surface area (TPSA) is 60.5 Å². The second-order valence-corrected chi connectivity index (χ2v) is 7.94. The molecule has 156 valence electrons. The maximum Gasteiger partial charge on any atom is 0.275 e. The minimum absolute atomic E-state index is 0.248. The van der Waals surface area contributed by atoms with Crippen LogP contribution in [0.4, 0.5) is 5.69 Å². The zero-order chi connectivity index (χ0) is 21.6. The largest absolute Gasteiger partial charge is 0.493 e. The van der Waals surface area contributed by atoms with Gasteiger partial charge in [-0.05, 0) is 48.0 Å². The molecule has 0 fully saturated rings. The number of halogens is 1. The Labute approximate surface area is 189 Å². The number of rotatable bonds is 7. The summed E-state index contributed by atoms with van der Waals surface area (Å²) in [5.41, 5.74) is 2.90. The first-order valence-electron chi connectivity index (χ1n) is 9.50. The minimum atomic E-state index is -0.248. The van der Waals surface area contributed by atoms with Crippen molar-refractivity contribution in [3.05, 3.63) is 94.5 Å². The van der Waals surface area contributed by atoms with Gasteiger partial charge in [0, 0.05) is 21.7 Å². The fraction of sp³-hybridized carbons (Fsp3) is 0.0833. The quantitative estimate of drug-likeness (QED) is 0.358. The van der Waals surface area contributed by atoms with Gasteiger partial charge in [0.25, 0.3) is 5.91 Å². The lowest BCUT2D eigenvalue weighted by Crippen LogP contribution is -2.12. The van der Waals surface area contributed by atoms with Crippen molar-refractivity contribution in [2.75, 3.05) is 12.4 Å². The molecule has 0 aliphatic carbocycles. The van der Waals surface area contributed by atoms with Crippen molar-refractivity contribution in [3.8, 4) is 22.1 Å². The van der Waals surface area contributed by atoms with Crippen LogP contribution in [-0.2, 0) is 6.61 Å². The maximum absolute atomic E-state index is 12.5. The van der Waals surface area contributed by atoms with Crippen molar-refractivity contribution < 1.29 is 14.3 Å². The van der Waals surface area contributed by atoms with Gasteiger partial charge in [0.2, 0.25) is 0 Å². The first-order chi connectivity index (χ1) is 15.1. The van der Waals surface area contributed by atoms with E-state index in [1.807, 2.05) is 72.8 Å². The number of methoxy groups -OCH3 is 1. The van der Waals surface area contributed by atoms with Gasteiger partial charge in [0.05, 0.1) is 7.11 Å². The minimum Gasteiger partial charge on any atom is -0.493 e. The Morgan fingerprint density at radius 2 is 1.87 bits per heavy atom. The van der Waals surface area contributed by atoms with E-state index in [0.717, 1.165) is 21.8 Å². The molecule has 0 aliphatic heterocycles. The van der Waals surface area contributed by atoms with Crippen LogP contribution in [0.2, 0.25) is 5.02 Å². The first kappa shape index (κ1) is 20.9. The smallest absolute Gasteiger partial charge is 0.275 e. The summed E-state index contributed by atoms with van der Waals surface area (Å²) in [5, 5.41) is 5.97. The van der Waals surface area contributed by atoms with Crippen LogP contribution in [0.25, 0.3) is 10.6 Å². The Hall–Kier alpha value is -3.35. The third kappa shape index (κ3) is 5.23. The van der Waals surface area contributed by atoms with Crippen LogP contribution in [-0.4, -0.2) is 18.0 Å². The molecule has 4 aromatic rings. The van der Waals surface area contributed by atoms with E-state index in [9.17, 15) is 4.79 Å². The van der Waals surface area contributed by atoms with Gasteiger partial charge in [-0.2, -0.15) is 0 Å². The number of amides is 1. The summed E-state index contributed by atoms with van der Waals surface area (Å²) >= 11 is 7.42. The Balaban J connectivity index is 1.48. The maximum atomic E-state index is 12.5. The van der Waals surface area contributed by atoms with Gasteiger partial charge >= 0.3 is 0 Å². The molecule has 1 N–H and O–H groups in total. The van der Waals surface area contributed by atoms with E-state index >= 15 is 0 Å². The number of anilines is 1. The zero-order valence-corrected chi connectivity index (χ0v) is 18.2. The molecule has 0 saturated heterocycles. The summed E-state index contributed by atoms with van der Waals surface area (Å²) < 4.78 is 11.4. The molecule has 0 atom stereocenters. The van der Waals surface area contributed by atoms with Crippen molar-refractivity contribution in [3.63, 3.8) is 0 Å². The highest BCUT2D eigenvalue weighted by molar-refractivity contribution is 7.13. The molecule has 3 aromatic carbocycles. The Kier molecular flexibility index (Phi) is 6.50. The number of ether oxygens (including phenoxy) is 2. The number of carbonyl (C=O) groups excluding carboxylic acids is 1. The Bertz CT molecular complexity index is 1190. The number of hydrogen-bond acceptors (Lipinski definition) is 5. The molecule has 0 bridgehead atoms. The summed E-state index contributed by atoms with van der Waals surface area (Å²) in [5.74, 6) is 0.956. The van der Waals surface area contributed by atoms with Gasteiger partial charge in [0.15, 0.2) is 11.5 Å². The van der Waals surface area contributed by atoms with E-state index in [0.29, 0.717) is 28.8 Å². The molecule has 1 heterocycles. The predicted octanol–water partition coefficient (Wildman–Crippen LogP) is 6.30. The number of nitrogens with one attached hydrogen (secondary N) is 1. The highest BCUT2D eigenvalue weighted by atomic mass is 35.5. The molecular weight excluding hydrogens is 432 g/mol. The van der Waals surface area contributed by atoms with Crippen LogP contribution in [0.5, 0.6) is 11.5 Å². The van der Waals surface area contributed by atoms with Crippen LogP contribution < -0.4 is 14.8 Å². The molecule has 7 heteroatoms. The lowest BCUT2D eigenvalue weighted by Gasteiger charge is -2.12. The average Bonchev–Trinajstić information content (AvgIpc) is 3.29. The molecule has 1 amide bonds. The monoisotopic (exact) mass is 450 g/mol. The molecule has 0 spiro atoms. The summed E-state index contributed by atoms with van der Waals surface area (Å²) in [6.07, 6.45) is 0. The molecule has 0 aliphatic rings. The van der Waals surface area contributed by atoms with Crippen LogP contribution in [0.15, 0.2) is 78.2 Å². The summed E-state index contributed by atoms with van der Waals surface area (Å²) in [6.45, 7) is 0.372. The van der Waals surface area contributed by atoms with Crippen LogP contribution in [0.1, 0.15) is 16.1 Å².